The molecule has 30 heavy (non-hydrogen) atoms. The molecule has 0 saturated heterocycles. The third-order valence-corrected chi connectivity index (χ3v) is 5.94. The van der Waals surface area contributed by atoms with Crippen molar-refractivity contribution in [3.05, 3.63) is 35.5 Å². The van der Waals surface area contributed by atoms with Crippen molar-refractivity contribution in [2.75, 3.05) is 25.0 Å². The normalized spacial score (nSPS) is 17.9. The average Bonchev–Trinajstić information content (AvgIpc) is 3.61. The molecule has 1 heterocycles. The molecular weight excluding hydrogens is 404 g/mol. The SMILES string of the molecule is CN(CC1CC1)c1ncc(OC(=O)NC[C@](C)(O)C2CC2)nc1-c1ccc(Cl)cc1. The van der Waals surface area contributed by atoms with Gasteiger partial charge in [-0.25, -0.2) is 14.8 Å². The van der Waals surface area contributed by atoms with Crippen molar-refractivity contribution in [3.8, 4) is 17.1 Å². The third-order valence-electron chi connectivity index (χ3n) is 5.68. The molecule has 2 saturated carbocycles. The van der Waals surface area contributed by atoms with Crippen molar-refractivity contribution in [1.29, 1.82) is 0 Å². The minimum Gasteiger partial charge on any atom is -0.390 e. The third kappa shape index (κ3) is 5.21. The number of anilines is 1. The number of carbonyl (C=O) groups is 1. The summed E-state index contributed by atoms with van der Waals surface area (Å²) >= 11 is 6.03. The number of aromatic nitrogens is 2. The van der Waals surface area contributed by atoms with E-state index in [1.807, 2.05) is 19.2 Å². The quantitative estimate of drug-likeness (QED) is 0.660. The summed E-state index contributed by atoms with van der Waals surface area (Å²) in [6.07, 6.45) is 5.23. The highest BCUT2D eigenvalue weighted by Crippen LogP contribution is 2.39. The summed E-state index contributed by atoms with van der Waals surface area (Å²) in [4.78, 5) is 23.4. The fourth-order valence-corrected chi connectivity index (χ4v) is 3.63. The molecule has 160 valence electrons. The molecule has 2 N–H and O–H groups in total. The maximum absolute atomic E-state index is 12.2. The maximum Gasteiger partial charge on any atom is 0.414 e. The Morgan fingerprint density at radius 2 is 2.00 bits per heavy atom. The van der Waals surface area contributed by atoms with Gasteiger partial charge < -0.3 is 20.1 Å². The lowest BCUT2D eigenvalue weighted by Gasteiger charge is -2.23. The zero-order valence-corrected chi connectivity index (χ0v) is 18.0. The van der Waals surface area contributed by atoms with Crippen LogP contribution in [-0.4, -0.2) is 46.9 Å². The molecular formula is C22H27ClN4O3. The number of rotatable bonds is 8. The van der Waals surface area contributed by atoms with Crippen molar-refractivity contribution < 1.29 is 14.6 Å². The number of nitrogens with one attached hydrogen (secondary N) is 1. The van der Waals surface area contributed by atoms with Crippen LogP contribution >= 0.6 is 11.6 Å². The Kier molecular flexibility index (Phi) is 5.84. The minimum atomic E-state index is -0.922. The average molecular weight is 431 g/mol. The van der Waals surface area contributed by atoms with Crippen LogP contribution < -0.4 is 15.0 Å². The monoisotopic (exact) mass is 430 g/mol. The van der Waals surface area contributed by atoms with Gasteiger partial charge >= 0.3 is 6.09 Å². The van der Waals surface area contributed by atoms with Gasteiger partial charge in [-0.05, 0) is 56.6 Å². The molecule has 1 aromatic heterocycles. The molecule has 2 aliphatic rings. The Bertz CT molecular complexity index is 911. The molecule has 2 aromatic rings. The molecule has 0 spiro atoms. The first-order valence-corrected chi connectivity index (χ1v) is 10.7. The summed E-state index contributed by atoms with van der Waals surface area (Å²) in [6.45, 7) is 2.77. The van der Waals surface area contributed by atoms with E-state index in [2.05, 4.69) is 20.2 Å². The highest BCUT2D eigenvalue weighted by atomic mass is 35.5. The topological polar surface area (TPSA) is 87.6 Å². The van der Waals surface area contributed by atoms with Crippen molar-refractivity contribution in [2.24, 2.45) is 11.8 Å². The van der Waals surface area contributed by atoms with Crippen LogP contribution in [0.2, 0.25) is 5.02 Å². The fraction of sp³-hybridized carbons (Fsp3) is 0.500. The van der Waals surface area contributed by atoms with Crippen LogP contribution in [0.3, 0.4) is 0 Å². The number of carbonyl (C=O) groups excluding carboxylic acids is 1. The number of nitrogens with zero attached hydrogens (tertiary/aromatic N) is 3. The van der Waals surface area contributed by atoms with Gasteiger partial charge in [0.05, 0.1) is 11.8 Å². The van der Waals surface area contributed by atoms with Gasteiger partial charge in [-0.1, -0.05) is 23.7 Å². The lowest BCUT2D eigenvalue weighted by molar-refractivity contribution is 0.0376. The Labute approximate surface area is 181 Å². The van der Waals surface area contributed by atoms with Crippen LogP contribution in [0.25, 0.3) is 11.3 Å². The highest BCUT2D eigenvalue weighted by molar-refractivity contribution is 6.30. The van der Waals surface area contributed by atoms with Crippen LogP contribution in [0, 0.1) is 11.8 Å². The van der Waals surface area contributed by atoms with Gasteiger partial charge in [0.1, 0.15) is 5.69 Å². The van der Waals surface area contributed by atoms with Gasteiger partial charge in [-0.2, -0.15) is 0 Å². The smallest absolute Gasteiger partial charge is 0.390 e. The fourth-order valence-electron chi connectivity index (χ4n) is 3.50. The van der Waals surface area contributed by atoms with Gasteiger partial charge in [0, 0.05) is 30.7 Å². The molecule has 8 heteroatoms. The molecule has 0 unspecified atom stereocenters. The second-order valence-electron chi connectivity index (χ2n) is 8.59. The molecule has 1 amide bonds. The van der Waals surface area contributed by atoms with Crippen LogP contribution in [0.1, 0.15) is 32.6 Å². The first-order valence-electron chi connectivity index (χ1n) is 10.3. The number of halogens is 1. The molecule has 0 aliphatic heterocycles. The van der Waals surface area contributed by atoms with Crippen molar-refractivity contribution >= 4 is 23.5 Å². The van der Waals surface area contributed by atoms with E-state index in [1.54, 1.807) is 19.1 Å². The molecule has 1 aromatic carbocycles. The summed E-state index contributed by atoms with van der Waals surface area (Å²) < 4.78 is 5.34. The van der Waals surface area contributed by atoms with Crippen molar-refractivity contribution in [1.82, 2.24) is 15.3 Å². The van der Waals surface area contributed by atoms with E-state index in [4.69, 9.17) is 16.3 Å². The number of hydrogen-bond donors (Lipinski definition) is 2. The molecule has 1 atom stereocenters. The van der Waals surface area contributed by atoms with Gasteiger partial charge in [-0.15, -0.1) is 0 Å². The zero-order valence-electron chi connectivity index (χ0n) is 17.3. The van der Waals surface area contributed by atoms with E-state index < -0.39 is 11.7 Å². The van der Waals surface area contributed by atoms with Crippen LogP contribution in [0.5, 0.6) is 5.88 Å². The van der Waals surface area contributed by atoms with E-state index in [0.717, 1.165) is 30.8 Å². The van der Waals surface area contributed by atoms with Crippen LogP contribution in [-0.2, 0) is 0 Å². The predicted octanol–water partition coefficient (Wildman–Crippen LogP) is 3.89. The number of hydrogen-bond acceptors (Lipinski definition) is 6. The Morgan fingerprint density at radius 3 is 2.63 bits per heavy atom. The van der Waals surface area contributed by atoms with E-state index in [1.165, 1.54) is 19.0 Å². The van der Waals surface area contributed by atoms with Gasteiger partial charge in [0.2, 0.25) is 5.88 Å². The second-order valence-corrected chi connectivity index (χ2v) is 9.02. The van der Waals surface area contributed by atoms with E-state index in [9.17, 15) is 9.90 Å². The first kappa shape index (κ1) is 20.9. The molecule has 4 rings (SSSR count). The standard InChI is InChI=1S/C22H27ClN4O3/c1-22(29,16-7-8-16)13-25-21(28)30-18-11-24-20(27(2)12-14-3-4-14)19(26-18)15-5-9-17(23)10-6-15/h5-6,9-11,14,16,29H,3-4,7-8,12-13H2,1-2H3,(H,25,28)/t22-/m0/s1. The lowest BCUT2D eigenvalue weighted by atomic mass is 10.0. The summed E-state index contributed by atoms with van der Waals surface area (Å²) in [5.41, 5.74) is 0.548. The molecule has 0 bridgehead atoms. The highest BCUT2D eigenvalue weighted by Gasteiger charge is 2.40. The summed E-state index contributed by atoms with van der Waals surface area (Å²) in [5, 5.41) is 13.6. The van der Waals surface area contributed by atoms with Crippen LogP contribution in [0.4, 0.5) is 10.6 Å². The number of aliphatic hydroxyl groups is 1. The van der Waals surface area contributed by atoms with Crippen LogP contribution in [0.15, 0.2) is 30.5 Å². The number of ether oxygens (including phenoxy) is 1. The number of amides is 1. The predicted molar refractivity (Wildman–Crippen MR) is 116 cm³/mol. The molecule has 0 radical (unpaired) electrons. The summed E-state index contributed by atoms with van der Waals surface area (Å²) in [6, 6.07) is 7.34. The Morgan fingerprint density at radius 1 is 1.30 bits per heavy atom. The molecule has 7 nitrogen and oxygen atoms in total. The molecule has 2 aliphatic carbocycles. The Hall–Kier alpha value is -2.38. The summed E-state index contributed by atoms with van der Waals surface area (Å²) in [7, 11) is 1.99. The lowest BCUT2D eigenvalue weighted by Crippen LogP contribution is -2.43. The van der Waals surface area contributed by atoms with E-state index in [0.29, 0.717) is 16.6 Å². The zero-order chi connectivity index (χ0) is 21.3. The van der Waals surface area contributed by atoms with Crippen molar-refractivity contribution in [3.63, 3.8) is 0 Å². The van der Waals surface area contributed by atoms with Gasteiger partial charge in [0.25, 0.3) is 0 Å². The van der Waals surface area contributed by atoms with E-state index >= 15 is 0 Å². The maximum atomic E-state index is 12.2. The molecule has 2 fully saturated rings. The number of benzene rings is 1. The second kappa shape index (κ2) is 8.40. The van der Waals surface area contributed by atoms with Gasteiger partial charge in [0.15, 0.2) is 5.82 Å². The Balaban J connectivity index is 1.51. The van der Waals surface area contributed by atoms with Crippen molar-refractivity contribution in [2.45, 2.75) is 38.2 Å². The largest absolute Gasteiger partial charge is 0.414 e. The van der Waals surface area contributed by atoms with E-state index in [-0.39, 0.29) is 18.3 Å². The van der Waals surface area contributed by atoms with Gasteiger partial charge in [-0.3, -0.25) is 0 Å². The first-order chi connectivity index (χ1) is 14.3. The minimum absolute atomic E-state index is 0.104. The summed E-state index contributed by atoms with van der Waals surface area (Å²) in [5.74, 6) is 1.76.